The van der Waals surface area contributed by atoms with Crippen molar-refractivity contribution in [2.75, 3.05) is 16.2 Å². The SMILES string of the molecule is Cc1cc(N2CCCC2=O)ccc1S(=O)(=O)Nc1cnn(-c2ccccc2Cl)c1. The largest absolute Gasteiger partial charge is 0.312 e. The number of aryl methyl sites for hydroxylation is 1. The van der Waals surface area contributed by atoms with Crippen molar-refractivity contribution in [2.24, 2.45) is 0 Å². The van der Waals surface area contributed by atoms with Gasteiger partial charge in [0.15, 0.2) is 0 Å². The average molecular weight is 431 g/mol. The molecule has 1 N–H and O–H groups in total. The molecule has 0 spiro atoms. The molecule has 0 saturated carbocycles. The van der Waals surface area contributed by atoms with E-state index in [-0.39, 0.29) is 10.8 Å². The van der Waals surface area contributed by atoms with Gasteiger partial charge in [0, 0.05) is 18.7 Å². The molecule has 1 amide bonds. The summed E-state index contributed by atoms with van der Waals surface area (Å²) in [5.41, 5.74) is 2.25. The van der Waals surface area contributed by atoms with Crippen molar-refractivity contribution in [3.05, 3.63) is 65.4 Å². The van der Waals surface area contributed by atoms with Crippen LogP contribution in [0.1, 0.15) is 18.4 Å². The van der Waals surface area contributed by atoms with Crippen molar-refractivity contribution in [2.45, 2.75) is 24.7 Å². The summed E-state index contributed by atoms with van der Waals surface area (Å²) in [6, 6.07) is 12.1. The molecule has 9 heteroatoms. The Labute approximate surface area is 174 Å². The fraction of sp³-hybridized carbons (Fsp3) is 0.200. The highest BCUT2D eigenvalue weighted by atomic mass is 35.5. The van der Waals surface area contributed by atoms with E-state index in [4.69, 9.17) is 11.6 Å². The predicted molar refractivity (Wildman–Crippen MR) is 112 cm³/mol. The van der Waals surface area contributed by atoms with Gasteiger partial charge in [0.25, 0.3) is 10.0 Å². The van der Waals surface area contributed by atoms with Crippen LogP contribution >= 0.6 is 11.6 Å². The summed E-state index contributed by atoms with van der Waals surface area (Å²) >= 11 is 6.17. The number of sulfonamides is 1. The van der Waals surface area contributed by atoms with Gasteiger partial charge in [0.2, 0.25) is 5.91 Å². The number of nitrogens with zero attached hydrogens (tertiary/aromatic N) is 3. The highest BCUT2D eigenvalue weighted by Crippen LogP contribution is 2.27. The smallest absolute Gasteiger partial charge is 0.262 e. The van der Waals surface area contributed by atoms with E-state index in [9.17, 15) is 13.2 Å². The third-order valence-corrected chi connectivity index (χ3v) is 6.63. The summed E-state index contributed by atoms with van der Waals surface area (Å²) in [4.78, 5) is 13.8. The Morgan fingerprint density at radius 1 is 1.17 bits per heavy atom. The van der Waals surface area contributed by atoms with E-state index < -0.39 is 10.0 Å². The van der Waals surface area contributed by atoms with Crippen LogP contribution in [0.5, 0.6) is 0 Å². The van der Waals surface area contributed by atoms with E-state index in [1.165, 1.54) is 16.9 Å². The maximum atomic E-state index is 12.9. The van der Waals surface area contributed by atoms with Crippen molar-refractivity contribution in [3.8, 4) is 5.69 Å². The van der Waals surface area contributed by atoms with Gasteiger partial charge in [-0.15, -0.1) is 0 Å². The molecule has 2 aromatic carbocycles. The van der Waals surface area contributed by atoms with Crippen LogP contribution in [-0.2, 0) is 14.8 Å². The van der Waals surface area contributed by atoms with Gasteiger partial charge in [0.05, 0.1) is 33.7 Å². The zero-order chi connectivity index (χ0) is 20.6. The minimum absolute atomic E-state index is 0.0603. The van der Waals surface area contributed by atoms with Gasteiger partial charge < -0.3 is 4.90 Å². The van der Waals surface area contributed by atoms with Gasteiger partial charge in [-0.25, -0.2) is 13.1 Å². The molecule has 1 saturated heterocycles. The highest BCUT2D eigenvalue weighted by molar-refractivity contribution is 7.92. The Morgan fingerprint density at radius 2 is 1.97 bits per heavy atom. The Hall–Kier alpha value is -2.84. The molecule has 29 heavy (non-hydrogen) atoms. The molecule has 2 heterocycles. The number of carbonyl (C=O) groups is 1. The van der Waals surface area contributed by atoms with E-state index in [1.807, 2.05) is 6.07 Å². The second kappa shape index (κ2) is 7.53. The minimum Gasteiger partial charge on any atom is -0.312 e. The lowest BCUT2D eigenvalue weighted by Gasteiger charge is -2.17. The number of halogens is 1. The first-order valence-electron chi connectivity index (χ1n) is 9.08. The van der Waals surface area contributed by atoms with Crippen LogP contribution < -0.4 is 9.62 Å². The molecule has 1 fully saturated rings. The molecular formula is C20H19ClN4O3S. The summed E-state index contributed by atoms with van der Waals surface area (Å²) in [6.07, 6.45) is 4.32. The minimum atomic E-state index is -3.82. The number of para-hydroxylation sites is 1. The lowest BCUT2D eigenvalue weighted by molar-refractivity contribution is -0.117. The summed E-state index contributed by atoms with van der Waals surface area (Å²) in [5.74, 6) is 0.0603. The van der Waals surface area contributed by atoms with Crippen LogP contribution in [0.3, 0.4) is 0 Å². The van der Waals surface area contributed by atoms with Gasteiger partial charge in [-0.2, -0.15) is 5.10 Å². The maximum absolute atomic E-state index is 12.9. The first-order chi connectivity index (χ1) is 13.8. The van der Waals surface area contributed by atoms with Crippen LogP contribution in [0, 0.1) is 6.92 Å². The summed E-state index contributed by atoms with van der Waals surface area (Å²) in [6.45, 7) is 2.37. The van der Waals surface area contributed by atoms with E-state index in [2.05, 4.69) is 9.82 Å². The molecule has 1 aliphatic rings. The number of carbonyl (C=O) groups excluding carboxylic acids is 1. The molecule has 0 atom stereocenters. The van der Waals surface area contributed by atoms with Gasteiger partial charge in [-0.1, -0.05) is 23.7 Å². The first kappa shape index (κ1) is 19.5. The summed E-state index contributed by atoms with van der Waals surface area (Å²) < 4.78 is 29.8. The molecule has 0 radical (unpaired) electrons. The van der Waals surface area contributed by atoms with E-state index in [0.717, 1.165) is 12.1 Å². The molecule has 150 valence electrons. The number of aromatic nitrogens is 2. The molecule has 0 aliphatic carbocycles. The average Bonchev–Trinajstić information content (AvgIpc) is 3.30. The Morgan fingerprint density at radius 3 is 2.66 bits per heavy atom. The quantitative estimate of drug-likeness (QED) is 0.667. The van der Waals surface area contributed by atoms with Crippen molar-refractivity contribution < 1.29 is 13.2 Å². The maximum Gasteiger partial charge on any atom is 0.262 e. The number of rotatable bonds is 5. The van der Waals surface area contributed by atoms with Crippen LogP contribution in [0.2, 0.25) is 5.02 Å². The van der Waals surface area contributed by atoms with Crippen LogP contribution in [0.4, 0.5) is 11.4 Å². The number of anilines is 2. The second-order valence-electron chi connectivity index (χ2n) is 6.83. The number of hydrogen-bond donors (Lipinski definition) is 1. The van der Waals surface area contributed by atoms with Gasteiger partial charge >= 0.3 is 0 Å². The fourth-order valence-corrected chi connectivity index (χ4v) is 4.86. The number of amides is 1. The number of benzene rings is 2. The van der Waals surface area contributed by atoms with E-state index in [1.54, 1.807) is 48.4 Å². The summed E-state index contributed by atoms with van der Waals surface area (Å²) in [5, 5.41) is 4.69. The Bertz CT molecular complexity index is 1190. The van der Waals surface area contributed by atoms with E-state index >= 15 is 0 Å². The van der Waals surface area contributed by atoms with Crippen molar-refractivity contribution in [1.82, 2.24) is 9.78 Å². The van der Waals surface area contributed by atoms with Crippen molar-refractivity contribution in [1.29, 1.82) is 0 Å². The van der Waals surface area contributed by atoms with Gasteiger partial charge in [-0.05, 0) is 49.2 Å². The lowest BCUT2D eigenvalue weighted by Crippen LogP contribution is -2.24. The number of nitrogens with one attached hydrogen (secondary N) is 1. The Balaban J connectivity index is 1.58. The second-order valence-corrected chi connectivity index (χ2v) is 8.89. The molecule has 1 aromatic heterocycles. The van der Waals surface area contributed by atoms with Gasteiger partial charge in [0.1, 0.15) is 0 Å². The monoisotopic (exact) mass is 430 g/mol. The molecule has 7 nitrogen and oxygen atoms in total. The molecule has 0 unspecified atom stereocenters. The van der Waals surface area contributed by atoms with Crippen LogP contribution in [-0.4, -0.2) is 30.7 Å². The normalized spacial score (nSPS) is 14.4. The van der Waals surface area contributed by atoms with E-state index in [0.29, 0.717) is 34.9 Å². The van der Waals surface area contributed by atoms with Crippen molar-refractivity contribution >= 4 is 38.9 Å². The van der Waals surface area contributed by atoms with Crippen LogP contribution in [0.15, 0.2) is 59.8 Å². The first-order valence-corrected chi connectivity index (χ1v) is 10.9. The Kier molecular flexibility index (Phi) is 5.06. The third-order valence-electron chi connectivity index (χ3n) is 4.77. The van der Waals surface area contributed by atoms with Crippen LogP contribution in [0.25, 0.3) is 5.69 Å². The zero-order valence-corrected chi connectivity index (χ0v) is 17.2. The third kappa shape index (κ3) is 3.86. The molecular weight excluding hydrogens is 412 g/mol. The molecule has 3 aromatic rings. The number of hydrogen-bond acceptors (Lipinski definition) is 4. The fourth-order valence-electron chi connectivity index (χ4n) is 3.38. The molecule has 1 aliphatic heterocycles. The lowest BCUT2D eigenvalue weighted by atomic mass is 10.2. The summed E-state index contributed by atoms with van der Waals surface area (Å²) in [7, 11) is -3.82. The molecule has 0 bridgehead atoms. The predicted octanol–water partition coefficient (Wildman–Crippen LogP) is 3.76. The highest BCUT2D eigenvalue weighted by Gasteiger charge is 2.24. The standard InChI is InChI=1S/C20H19ClN4O3S/c1-14-11-16(24-10-4-7-20(24)26)8-9-19(14)29(27,28)23-15-12-22-25(13-15)18-6-3-2-5-17(18)21/h2-3,5-6,8-9,11-13,23H,4,7,10H2,1H3. The zero-order valence-electron chi connectivity index (χ0n) is 15.7. The van der Waals surface area contributed by atoms with Crippen molar-refractivity contribution in [3.63, 3.8) is 0 Å². The molecule has 4 rings (SSSR count). The topological polar surface area (TPSA) is 84.3 Å². The van der Waals surface area contributed by atoms with Gasteiger partial charge in [-0.3, -0.25) is 9.52 Å².